The monoisotopic (exact) mass is 179 g/mol. The van der Waals surface area contributed by atoms with Gasteiger partial charge in [0.2, 0.25) is 0 Å². The number of hydrogen-bond donors (Lipinski definition) is 5. The fraction of sp³-hybridized carbons (Fsp3) is 1.00. The van der Waals surface area contributed by atoms with E-state index in [4.69, 9.17) is 15.9 Å². The van der Waals surface area contributed by atoms with Crippen LogP contribution in [0.4, 0.5) is 0 Å². The lowest BCUT2D eigenvalue weighted by molar-refractivity contribution is -0.310. The first-order valence-corrected chi connectivity index (χ1v) is 3.58. The lowest BCUT2D eigenvalue weighted by atomic mass is 9.94. The first-order chi connectivity index (χ1) is 5.37. The van der Waals surface area contributed by atoms with Crippen LogP contribution >= 0.6 is 0 Å². The third kappa shape index (κ3) is 1.33. The second-order valence-corrected chi connectivity index (χ2v) is 2.99. The minimum absolute atomic E-state index is 0.939. The number of hydrogen-bond acceptors (Lipinski definition) is 6. The van der Waals surface area contributed by atoms with Crippen molar-refractivity contribution in [2.45, 2.75) is 37.3 Å². The normalized spacial score (nSPS) is 55.5. The van der Waals surface area contributed by atoms with Gasteiger partial charge in [-0.05, 0) is 6.92 Å². The van der Waals surface area contributed by atoms with E-state index in [9.17, 15) is 10.2 Å². The molecule has 6 nitrogen and oxygen atoms in total. The molecule has 0 radical (unpaired) electrons. The second-order valence-electron chi connectivity index (χ2n) is 2.99. The van der Waals surface area contributed by atoms with E-state index in [2.05, 4.69) is 4.74 Å². The minimum atomic E-state index is -2.03. The highest BCUT2D eigenvalue weighted by molar-refractivity contribution is 4.95. The molecule has 0 aliphatic carbocycles. The maximum Gasteiger partial charge on any atom is 0.184 e. The Morgan fingerprint density at radius 2 is 1.83 bits per heavy atom. The summed E-state index contributed by atoms with van der Waals surface area (Å²) in [5.41, 5.74) is 3.20. The lowest BCUT2D eigenvalue weighted by Crippen LogP contribution is -2.69. The smallest absolute Gasteiger partial charge is 0.184 e. The van der Waals surface area contributed by atoms with E-state index >= 15 is 0 Å². The molecule has 5 atom stereocenters. The third-order valence-electron chi connectivity index (χ3n) is 2.08. The van der Waals surface area contributed by atoms with Crippen LogP contribution in [0, 0.1) is 0 Å². The number of rotatable bonds is 0. The van der Waals surface area contributed by atoms with Gasteiger partial charge in [0.15, 0.2) is 12.0 Å². The summed E-state index contributed by atoms with van der Waals surface area (Å²) in [6, 6.07) is 0. The molecule has 6 N–H and O–H groups in total. The highest BCUT2D eigenvalue weighted by atomic mass is 16.6. The third-order valence-corrected chi connectivity index (χ3v) is 2.08. The summed E-state index contributed by atoms with van der Waals surface area (Å²) in [5.74, 6) is 0. The van der Waals surface area contributed by atoms with Gasteiger partial charge in [-0.1, -0.05) is 0 Å². The predicted molar refractivity (Wildman–Crippen MR) is 37.7 cm³/mol. The highest BCUT2D eigenvalue weighted by Gasteiger charge is 2.50. The second kappa shape index (κ2) is 2.91. The predicted octanol–water partition coefficient (Wildman–Crippen LogP) is -2.91. The molecule has 0 aromatic rings. The molecule has 1 unspecified atom stereocenters. The molecule has 6 heteroatoms. The van der Waals surface area contributed by atoms with E-state index in [1.54, 1.807) is 0 Å². The minimum Gasteiger partial charge on any atom is -0.386 e. The first kappa shape index (κ1) is 9.85. The molecule has 0 aromatic heterocycles. The van der Waals surface area contributed by atoms with Crippen molar-refractivity contribution in [3.63, 3.8) is 0 Å². The van der Waals surface area contributed by atoms with Crippen LogP contribution in [0.15, 0.2) is 0 Å². The van der Waals surface area contributed by atoms with Gasteiger partial charge >= 0.3 is 0 Å². The Morgan fingerprint density at radius 3 is 2.33 bits per heavy atom. The largest absolute Gasteiger partial charge is 0.386 e. The van der Waals surface area contributed by atoms with Gasteiger partial charge in [-0.3, -0.25) is 5.73 Å². The molecule has 1 rings (SSSR count). The summed E-state index contributed by atoms with van der Waals surface area (Å²) in [6.45, 7) is 1.39. The van der Waals surface area contributed by atoms with Gasteiger partial charge in [0.25, 0.3) is 0 Å². The van der Waals surface area contributed by atoms with Crippen molar-refractivity contribution < 1.29 is 25.2 Å². The van der Waals surface area contributed by atoms with Crippen molar-refractivity contribution in [3.05, 3.63) is 0 Å². The fourth-order valence-electron chi connectivity index (χ4n) is 1.07. The number of aliphatic hydroxyl groups excluding tert-OH is 3. The zero-order valence-corrected chi connectivity index (χ0v) is 6.58. The van der Waals surface area contributed by atoms with Crippen LogP contribution in [0.3, 0.4) is 0 Å². The Labute approximate surface area is 69.2 Å². The molecule has 1 aliphatic heterocycles. The SMILES string of the molecule is C[C@H]1OC(O)[C@@H](O)[C@@H](O)[C@]1(N)O. The zero-order valence-electron chi connectivity index (χ0n) is 6.58. The van der Waals surface area contributed by atoms with Gasteiger partial charge in [-0.25, -0.2) is 0 Å². The lowest BCUT2D eigenvalue weighted by Gasteiger charge is -2.43. The molecule has 1 fully saturated rings. The molecule has 12 heavy (non-hydrogen) atoms. The van der Waals surface area contributed by atoms with Gasteiger partial charge in [0, 0.05) is 0 Å². The van der Waals surface area contributed by atoms with Crippen molar-refractivity contribution in [2.75, 3.05) is 0 Å². The Hall–Kier alpha value is -0.240. The van der Waals surface area contributed by atoms with Gasteiger partial charge in [0.05, 0.1) is 0 Å². The Kier molecular flexibility index (Phi) is 2.39. The Morgan fingerprint density at radius 1 is 1.33 bits per heavy atom. The molecule has 0 bridgehead atoms. The van der Waals surface area contributed by atoms with E-state index < -0.39 is 30.3 Å². The van der Waals surface area contributed by atoms with Crippen LogP contribution < -0.4 is 5.73 Å². The van der Waals surface area contributed by atoms with Gasteiger partial charge in [-0.15, -0.1) is 0 Å². The van der Waals surface area contributed by atoms with E-state index in [-0.39, 0.29) is 0 Å². The average molecular weight is 179 g/mol. The molecule has 72 valence electrons. The molecule has 0 saturated carbocycles. The van der Waals surface area contributed by atoms with Gasteiger partial charge < -0.3 is 25.2 Å². The Bertz CT molecular complexity index is 173. The van der Waals surface area contributed by atoms with E-state index in [1.807, 2.05) is 0 Å². The van der Waals surface area contributed by atoms with Crippen LogP contribution in [-0.4, -0.2) is 50.8 Å². The van der Waals surface area contributed by atoms with Gasteiger partial charge in [-0.2, -0.15) is 0 Å². The van der Waals surface area contributed by atoms with Crippen molar-refractivity contribution in [3.8, 4) is 0 Å². The van der Waals surface area contributed by atoms with Crippen LogP contribution in [0.25, 0.3) is 0 Å². The van der Waals surface area contributed by atoms with Crippen molar-refractivity contribution in [1.29, 1.82) is 0 Å². The number of ether oxygens (including phenoxy) is 1. The average Bonchev–Trinajstić information content (AvgIpc) is 1.99. The van der Waals surface area contributed by atoms with Crippen LogP contribution in [0.5, 0.6) is 0 Å². The molecule has 1 saturated heterocycles. The van der Waals surface area contributed by atoms with E-state index in [1.165, 1.54) is 6.92 Å². The summed E-state index contributed by atoms with van der Waals surface area (Å²) in [6.07, 6.45) is -5.66. The standard InChI is InChI=1S/C6H13NO5/c1-2-6(7,11)4(9)3(8)5(10)12-2/h2-5,8-11H,7H2,1H3/t2-,3+,4-,5?,6-/m1/s1. The van der Waals surface area contributed by atoms with Crippen molar-refractivity contribution in [2.24, 2.45) is 5.73 Å². The van der Waals surface area contributed by atoms with Crippen LogP contribution in [0.1, 0.15) is 6.92 Å². The van der Waals surface area contributed by atoms with Crippen LogP contribution in [-0.2, 0) is 4.74 Å². The van der Waals surface area contributed by atoms with E-state index in [0.29, 0.717) is 0 Å². The summed E-state index contributed by atoms with van der Waals surface area (Å²) < 4.78 is 4.65. The maximum absolute atomic E-state index is 9.33. The first-order valence-electron chi connectivity index (χ1n) is 3.58. The van der Waals surface area contributed by atoms with Crippen molar-refractivity contribution >= 4 is 0 Å². The zero-order chi connectivity index (χ0) is 9.52. The number of aliphatic hydroxyl groups is 4. The molecule has 0 amide bonds. The summed E-state index contributed by atoms with van der Waals surface area (Å²) in [5, 5.41) is 36.5. The molecule has 1 aliphatic rings. The summed E-state index contributed by atoms with van der Waals surface area (Å²) in [4.78, 5) is 0. The summed E-state index contributed by atoms with van der Waals surface area (Å²) >= 11 is 0. The molecule has 1 heterocycles. The Balaban J connectivity index is 2.80. The van der Waals surface area contributed by atoms with E-state index in [0.717, 1.165) is 0 Å². The molecule has 0 aromatic carbocycles. The molecule has 0 spiro atoms. The van der Waals surface area contributed by atoms with Crippen LogP contribution in [0.2, 0.25) is 0 Å². The highest BCUT2D eigenvalue weighted by Crippen LogP contribution is 2.24. The quantitative estimate of drug-likeness (QED) is 0.255. The topological polar surface area (TPSA) is 116 Å². The molecular weight excluding hydrogens is 166 g/mol. The van der Waals surface area contributed by atoms with Crippen molar-refractivity contribution in [1.82, 2.24) is 0 Å². The summed E-state index contributed by atoms with van der Waals surface area (Å²) in [7, 11) is 0. The molecular formula is C6H13NO5. The van der Waals surface area contributed by atoms with Gasteiger partial charge in [0.1, 0.15) is 18.3 Å². The fourth-order valence-corrected chi connectivity index (χ4v) is 1.07. The maximum atomic E-state index is 9.33. The number of nitrogens with two attached hydrogens (primary N) is 1.